The average Bonchev–Trinajstić information content (AvgIpc) is 3.32. The van der Waals surface area contributed by atoms with Gasteiger partial charge in [-0.2, -0.15) is 5.10 Å². The zero-order valence-corrected chi connectivity index (χ0v) is 24.3. The molecule has 0 aliphatic carbocycles. The smallest absolute Gasteiger partial charge is 0.410 e. The number of aromatic hydroxyl groups is 1. The molecule has 6 rings (SSSR count). The normalized spacial score (nSPS) is 17.1. The van der Waals surface area contributed by atoms with Crippen molar-refractivity contribution in [2.24, 2.45) is 0 Å². The molecule has 2 saturated heterocycles. The lowest BCUT2D eigenvalue weighted by Gasteiger charge is -2.34. The largest absolute Gasteiger partial charge is 0.507 e. The minimum atomic E-state index is -0.489. The molecule has 0 bridgehead atoms. The Labute approximate surface area is 244 Å². The second kappa shape index (κ2) is 11.1. The maximum Gasteiger partial charge on any atom is 0.410 e. The number of nitrogens with two attached hydrogens (primary N) is 1. The number of phenols is 1. The molecule has 220 valence electrons. The molecular formula is C30H37N9O3. The summed E-state index contributed by atoms with van der Waals surface area (Å²) in [5.74, 6) is 1.55. The van der Waals surface area contributed by atoms with Crippen molar-refractivity contribution >= 4 is 28.9 Å². The maximum absolute atomic E-state index is 12.4. The Kier molecular flexibility index (Phi) is 7.29. The molecule has 2 aliphatic rings. The molecule has 1 amide bonds. The van der Waals surface area contributed by atoms with Crippen LogP contribution in [0.1, 0.15) is 64.0 Å². The Morgan fingerprint density at radius 3 is 2.36 bits per heavy atom. The number of phenolic OH excluding ortho intramolecular Hbond substituents is 1. The van der Waals surface area contributed by atoms with Crippen LogP contribution in [0.5, 0.6) is 5.75 Å². The molecule has 0 saturated carbocycles. The van der Waals surface area contributed by atoms with Gasteiger partial charge in [-0.1, -0.05) is 12.1 Å². The molecule has 0 radical (unpaired) electrons. The fourth-order valence-corrected chi connectivity index (χ4v) is 5.79. The highest BCUT2D eigenvalue weighted by molar-refractivity contribution is 5.87. The number of ether oxygens (including phenoxy) is 1. The fraction of sp³-hybridized carbons (Fsp3) is 0.467. The molecule has 0 spiro atoms. The van der Waals surface area contributed by atoms with Gasteiger partial charge in [-0.05, 0) is 76.1 Å². The number of anilines is 2. The third kappa shape index (κ3) is 5.65. The Morgan fingerprint density at radius 1 is 1.00 bits per heavy atom. The van der Waals surface area contributed by atoms with Crippen LogP contribution in [0.4, 0.5) is 16.6 Å². The van der Waals surface area contributed by atoms with Gasteiger partial charge < -0.3 is 25.4 Å². The molecule has 42 heavy (non-hydrogen) atoms. The number of benzene rings is 1. The number of nitrogen functional groups attached to an aromatic ring is 1. The number of para-hydroxylation sites is 1. The number of amides is 1. The Hall–Kier alpha value is -4.48. The van der Waals surface area contributed by atoms with E-state index in [1.165, 1.54) is 0 Å². The highest BCUT2D eigenvalue weighted by Crippen LogP contribution is 2.33. The van der Waals surface area contributed by atoms with Crippen molar-refractivity contribution in [3.05, 3.63) is 48.3 Å². The predicted octanol–water partition coefficient (Wildman–Crippen LogP) is 4.53. The van der Waals surface area contributed by atoms with Crippen molar-refractivity contribution < 1.29 is 14.6 Å². The van der Waals surface area contributed by atoms with Gasteiger partial charge in [0.1, 0.15) is 11.4 Å². The van der Waals surface area contributed by atoms with Crippen molar-refractivity contribution in [2.45, 2.75) is 64.0 Å². The first-order valence-electron chi connectivity index (χ1n) is 14.5. The van der Waals surface area contributed by atoms with Crippen molar-refractivity contribution in [2.75, 3.05) is 36.8 Å². The van der Waals surface area contributed by atoms with E-state index in [0.717, 1.165) is 55.8 Å². The third-order valence-electron chi connectivity index (χ3n) is 8.03. The molecule has 5 heterocycles. The quantitative estimate of drug-likeness (QED) is 0.358. The molecule has 4 aromatic rings. The van der Waals surface area contributed by atoms with Crippen LogP contribution < -0.4 is 10.6 Å². The fourth-order valence-electron chi connectivity index (χ4n) is 5.79. The summed E-state index contributed by atoms with van der Waals surface area (Å²) in [6.07, 6.45) is 7.05. The zero-order valence-electron chi connectivity index (χ0n) is 24.3. The number of piperidine rings is 2. The highest BCUT2D eigenvalue weighted by Gasteiger charge is 2.29. The predicted molar refractivity (Wildman–Crippen MR) is 159 cm³/mol. The van der Waals surface area contributed by atoms with Gasteiger partial charge in [-0.25, -0.2) is 14.8 Å². The van der Waals surface area contributed by atoms with E-state index in [1.807, 2.05) is 56.0 Å². The lowest BCUT2D eigenvalue weighted by atomic mass is 9.91. The van der Waals surface area contributed by atoms with Crippen LogP contribution in [0, 0.1) is 0 Å². The van der Waals surface area contributed by atoms with Crippen LogP contribution in [-0.4, -0.2) is 77.8 Å². The SMILES string of the molecule is CC(C)(C)OC(=O)N1CCC(c2cnc(N3CCC(n4nc(N)c5nnc(-c6ccccc6O)cc54)CC3)nc2)CC1. The summed E-state index contributed by atoms with van der Waals surface area (Å²) in [6, 6.07) is 9.10. The van der Waals surface area contributed by atoms with E-state index in [9.17, 15) is 9.90 Å². The number of hydrogen-bond acceptors (Lipinski definition) is 10. The van der Waals surface area contributed by atoms with E-state index in [4.69, 9.17) is 20.4 Å². The molecule has 0 unspecified atom stereocenters. The number of fused-ring (bicyclic) bond motifs is 1. The summed E-state index contributed by atoms with van der Waals surface area (Å²) in [6.45, 7) is 8.56. The Morgan fingerprint density at radius 2 is 1.69 bits per heavy atom. The molecule has 12 nitrogen and oxygen atoms in total. The number of aromatic nitrogens is 6. The summed E-state index contributed by atoms with van der Waals surface area (Å²) >= 11 is 0. The molecule has 2 fully saturated rings. The van der Waals surface area contributed by atoms with E-state index in [-0.39, 0.29) is 17.9 Å². The average molecular weight is 572 g/mol. The van der Waals surface area contributed by atoms with E-state index < -0.39 is 5.60 Å². The molecule has 2 aliphatic heterocycles. The van der Waals surface area contributed by atoms with Gasteiger partial charge in [0.05, 0.1) is 17.3 Å². The van der Waals surface area contributed by atoms with Crippen LogP contribution in [0.2, 0.25) is 0 Å². The van der Waals surface area contributed by atoms with Gasteiger partial charge >= 0.3 is 6.09 Å². The van der Waals surface area contributed by atoms with Crippen molar-refractivity contribution in [1.29, 1.82) is 0 Å². The molecule has 3 N–H and O–H groups in total. The first-order chi connectivity index (χ1) is 20.2. The van der Waals surface area contributed by atoms with Crippen LogP contribution in [0.15, 0.2) is 42.7 Å². The number of carbonyl (C=O) groups is 1. The lowest BCUT2D eigenvalue weighted by molar-refractivity contribution is 0.0204. The van der Waals surface area contributed by atoms with E-state index in [2.05, 4.69) is 20.2 Å². The van der Waals surface area contributed by atoms with Crippen LogP contribution >= 0.6 is 0 Å². The molecule has 12 heteroatoms. The van der Waals surface area contributed by atoms with E-state index in [0.29, 0.717) is 41.6 Å². The Bertz CT molecular complexity index is 1570. The second-order valence-electron chi connectivity index (χ2n) is 12.1. The molecule has 1 aromatic carbocycles. The lowest BCUT2D eigenvalue weighted by Crippen LogP contribution is -2.41. The van der Waals surface area contributed by atoms with Crippen LogP contribution in [0.25, 0.3) is 22.3 Å². The highest BCUT2D eigenvalue weighted by atomic mass is 16.6. The summed E-state index contributed by atoms with van der Waals surface area (Å²) < 4.78 is 7.47. The standard InChI is InChI=1S/C30H37N9O3/c1-30(2,3)42-29(41)38-12-8-19(9-13-38)20-17-32-28(33-18-20)37-14-10-21(11-15-37)39-24-16-23(22-6-4-5-7-25(22)40)34-35-26(24)27(31)36-39/h4-7,16-19,21,40H,8-15H2,1-3H3,(H2,31,36). The van der Waals surface area contributed by atoms with Gasteiger partial charge in [-0.3, -0.25) is 4.68 Å². The van der Waals surface area contributed by atoms with Crippen LogP contribution in [0.3, 0.4) is 0 Å². The minimum absolute atomic E-state index is 0.136. The first-order valence-corrected chi connectivity index (χ1v) is 14.5. The van der Waals surface area contributed by atoms with Crippen molar-refractivity contribution in [3.63, 3.8) is 0 Å². The van der Waals surface area contributed by atoms with Gasteiger partial charge in [-0.15, -0.1) is 10.2 Å². The first kappa shape index (κ1) is 27.7. The Balaban J connectivity index is 1.08. The topological polar surface area (TPSA) is 148 Å². The van der Waals surface area contributed by atoms with Gasteiger partial charge in [0.2, 0.25) is 5.95 Å². The number of carbonyl (C=O) groups excluding carboxylic acids is 1. The number of likely N-dealkylation sites (tertiary alicyclic amines) is 1. The second-order valence-corrected chi connectivity index (χ2v) is 12.1. The van der Waals surface area contributed by atoms with Gasteiger partial charge in [0.25, 0.3) is 0 Å². The number of hydrogen-bond donors (Lipinski definition) is 2. The maximum atomic E-state index is 12.4. The summed E-state index contributed by atoms with van der Waals surface area (Å²) in [5, 5.41) is 23.5. The number of rotatable bonds is 4. The van der Waals surface area contributed by atoms with Gasteiger partial charge in [0.15, 0.2) is 11.3 Å². The van der Waals surface area contributed by atoms with E-state index >= 15 is 0 Å². The van der Waals surface area contributed by atoms with Crippen LogP contribution in [-0.2, 0) is 4.74 Å². The summed E-state index contributed by atoms with van der Waals surface area (Å²) in [5.41, 5.74) is 9.37. The van der Waals surface area contributed by atoms with Gasteiger partial charge in [0, 0.05) is 44.1 Å². The van der Waals surface area contributed by atoms with E-state index in [1.54, 1.807) is 17.0 Å². The zero-order chi connectivity index (χ0) is 29.4. The van der Waals surface area contributed by atoms with Crippen molar-refractivity contribution in [3.8, 4) is 17.0 Å². The minimum Gasteiger partial charge on any atom is -0.507 e. The monoisotopic (exact) mass is 571 g/mol. The summed E-state index contributed by atoms with van der Waals surface area (Å²) in [4.78, 5) is 25.8. The molecule has 3 aromatic heterocycles. The molecular weight excluding hydrogens is 534 g/mol. The third-order valence-corrected chi connectivity index (χ3v) is 8.03. The molecule has 0 atom stereocenters. The van der Waals surface area contributed by atoms with Crippen molar-refractivity contribution in [1.82, 2.24) is 34.8 Å². The summed E-state index contributed by atoms with van der Waals surface area (Å²) in [7, 11) is 0. The number of nitrogens with zero attached hydrogens (tertiary/aromatic N) is 8.